The van der Waals surface area contributed by atoms with E-state index < -0.39 is 0 Å². The molecule has 3 rings (SSSR count). The van der Waals surface area contributed by atoms with Crippen molar-refractivity contribution in [2.45, 2.75) is 37.8 Å². The fraction of sp³-hybridized carbons (Fsp3) is 0.643. The Balaban J connectivity index is 1.87. The van der Waals surface area contributed by atoms with Gasteiger partial charge in [0.25, 0.3) is 5.91 Å². The molecular weight excluding hydrogens is 299 g/mol. The largest absolute Gasteiger partial charge is 0.374 e. The molecule has 110 valence electrons. The lowest BCUT2D eigenvalue weighted by Crippen LogP contribution is -2.55. The Kier molecular flexibility index (Phi) is 3.98. The molecule has 0 bridgehead atoms. The Morgan fingerprint density at radius 1 is 1.35 bits per heavy atom. The summed E-state index contributed by atoms with van der Waals surface area (Å²) in [6.45, 7) is 1.25. The highest BCUT2D eigenvalue weighted by Gasteiger charge is 2.37. The van der Waals surface area contributed by atoms with Crippen molar-refractivity contribution in [1.29, 1.82) is 0 Å². The molecular formula is C14H18Cl2N2O2. The SMILES string of the molecule is Cn1c(C(=O)N2CCO[C@H]3CCCC[C@@H]32)cc(Cl)c1Cl. The zero-order chi connectivity index (χ0) is 14.3. The number of halogens is 2. The van der Waals surface area contributed by atoms with E-state index in [0.29, 0.717) is 29.0 Å². The molecule has 1 aromatic rings. The minimum Gasteiger partial charge on any atom is -0.374 e. The highest BCUT2D eigenvalue weighted by Crippen LogP contribution is 2.31. The molecule has 0 N–H and O–H groups in total. The molecule has 0 unspecified atom stereocenters. The maximum absolute atomic E-state index is 12.8. The molecule has 1 saturated heterocycles. The monoisotopic (exact) mass is 316 g/mol. The number of ether oxygens (including phenoxy) is 1. The summed E-state index contributed by atoms with van der Waals surface area (Å²) in [5.74, 6) is 0.00139. The van der Waals surface area contributed by atoms with Crippen molar-refractivity contribution in [3.05, 3.63) is 21.9 Å². The number of morpholine rings is 1. The summed E-state index contributed by atoms with van der Waals surface area (Å²) in [6.07, 6.45) is 4.59. The first-order chi connectivity index (χ1) is 9.59. The summed E-state index contributed by atoms with van der Waals surface area (Å²) in [6, 6.07) is 1.84. The lowest BCUT2D eigenvalue weighted by Gasteiger charge is -2.43. The molecule has 1 amide bonds. The highest BCUT2D eigenvalue weighted by atomic mass is 35.5. The molecule has 4 nitrogen and oxygen atoms in total. The first kappa shape index (κ1) is 14.2. The summed E-state index contributed by atoms with van der Waals surface area (Å²) in [7, 11) is 1.76. The van der Waals surface area contributed by atoms with E-state index in [1.807, 2.05) is 4.90 Å². The predicted molar refractivity (Wildman–Crippen MR) is 78.5 cm³/mol. The number of nitrogens with zero attached hydrogens (tertiary/aromatic N) is 2. The highest BCUT2D eigenvalue weighted by molar-refractivity contribution is 6.41. The number of carbonyl (C=O) groups is 1. The van der Waals surface area contributed by atoms with E-state index in [-0.39, 0.29) is 18.1 Å². The van der Waals surface area contributed by atoms with E-state index >= 15 is 0 Å². The number of aromatic nitrogens is 1. The average molecular weight is 317 g/mol. The van der Waals surface area contributed by atoms with Crippen molar-refractivity contribution >= 4 is 29.1 Å². The Bertz CT molecular complexity index is 527. The molecule has 1 saturated carbocycles. The first-order valence-corrected chi connectivity index (χ1v) is 7.78. The van der Waals surface area contributed by atoms with E-state index in [1.165, 1.54) is 6.42 Å². The van der Waals surface area contributed by atoms with Crippen molar-refractivity contribution < 1.29 is 9.53 Å². The van der Waals surface area contributed by atoms with Crippen molar-refractivity contribution in [2.75, 3.05) is 13.2 Å². The molecule has 6 heteroatoms. The number of rotatable bonds is 1. The predicted octanol–water partition coefficient (Wildman–Crippen LogP) is 3.12. The van der Waals surface area contributed by atoms with Crippen LogP contribution in [-0.2, 0) is 11.8 Å². The van der Waals surface area contributed by atoms with Crippen molar-refractivity contribution in [3.63, 3.8) is 0 Å². The van der Waals surface area contributed by atoms with Crippen LogP contribution < -0.4 is 0 Å². The standard InChI is InChI=1S/C14H18Cl2N2O2/c1-17-11(8-9(15)13(17)16)14(19)18-6-7-20-12-5-3-2-4-10(12)18/h8,10,12H,2-7H2,1H3/t10-,12-/m0/s1. The van der Waals surface area contributed by atoms with E-state index in [1.54, 1.807) is 17.7 Å². The Labute approximate surface area is 128 Å². The van der Waals surface area contributed by atoms with E-state index in [9.17, 15) is 4.79 Å². The van der Waals surface area contributed by atoms with E-state index in [0.717, 1.165) is 19.3 Å². The topological polar surface area (TPSA) is 34.5 Å². The lowest BCUT2D eigenvalue weighted by atomic mass is 9.90. The minimum absolute atomic E-state index is 0.00139. The van der Waals surface area contributed by atoms with Gasteiger partial charge in [0.05, 0.1) is 23.8 Å². The number of hydrogen-bond acceptors (Lipinski definition) is 2. The van der Waals surface area contributed by atoms with Gasteiger partial charge in [0.15, 0.2) is 0 Å². The van der Waals surface area contributed by atoms with E-state index in [2.05, 4.69) is 0 Å². The summed E-state index contributed by atoms with van der Waals surface area (Å²) < 4.78 is 7.46. The molecule has 20 heavy (non-hydrogen) atoms. The molecule has 2 heterocycles. The number of hydrogen-bond donors (Lipinski definition) is 0. The van der Waals surface area contributed by atoms with E-state index in [4.69, 9.17) is 27.9 Å². The van der Waals surface area contributed by atoms with Crippen LogP contribution in [0, 0.1) is 0 Å². The van der Waals surface area contributed by atoms with Crippen LogP contribution in [-0.4, -0.2) is 40.7 Å². The van der Waals surface area contributed by atoms with Crippen molar-refractivity contribution in [2.24, 2.45) is 7.05 Å². The molecule has 0 aromatic carbocycles. The third kappa shape index (κ3) is 2.34. The summed E-state index contributed by atoms with van der Waals surface area (Å²) in [5.41, 5.74) is 0.547. The van der Waals surface area contributed by atoms with Gasteiger partial charge < -0.3 is 14.2 Å². The second kappa shape index (κ2) is 5.58. The number of amides is 1. The van der Waals surface area contributed by atoms with Gasteiger partial charge >= 0.3 is 0 Å². The Morgan fingerprint density at radius 2 is 2.10 bits per heavy atom. The summed E-state index contributed by atoms with van der Waals surface area (Å²) in [5, 5.41) is 0.828. The molecule has 1 aromatic heterocycles. The number of fused-ring (bicyclic) bond motifs is 1. The molecule has 0 radical (unpaired) electrons. The smallest absolute Gasteiger partial charge is 0.270 e. The summed E-state index contributed by atoms with van der Waals surface area (Å²) >= 11 is 12.1. The van der Waals surface area contributed by atoms with Crippen LogP contribution >= 0.6 is 23.2 Å². The maximum atomic E-state index is 12.8. The quantitative estimate of drug-likeness (QED) is 0.797. The summed E-state index contributed by atoms with van der Waals surface area (Å²) in [4.78, 5) is 14.7. The van der Waals surface area contributed by atoms with Crippen LogP contribution in [0.15, 0.2) is 6.07 Å². The Hall–Kier alpha value is -0.710. The van der Waals surface area contributed by atoms with Crippen LogP contribution in [0.3, 0.4) is 0 Å². The van der Waals surface area contributed by atoms with Crippen LogP contribution in [0.4, 0.5) is 0 Å². The zero-order valence-corrected chi connectivity index (χ0v) is 13.0. The first-order valence-electron chi connectivity index (χ1n) is 7.03. The molecule has 1 aliphatic heterocycles. The molecule has 2 aliphatic rings. The van der Waals surface area contributed by atoms with Gasteiger partial charge in [-0.2, -0.15) is 0 Å². The second-order valence-corrected chi connectivity index (χ2v) is 6.25. The molecule has 2 atom stereocenters. The van der Waals surface area contributed by atoms with Gasteiger partial charge in [-0.3, -0.25) is 4.79 Å². The van der Waals surface area contributed by atoms with Gasteiger partial charge in [-0.1, -0.05) is 36.0 Å². The van der Waals surface area contributed by atoms with Crippen LogP contribution in [0.1, 0.15) is 36.2 Å². The Morgan fingerprint density at radius 3 is 2.80 bits per heavy atom. The lowest BCUT2D eigenvalue weighted by molar-refractivity contribution is -0.0755. The number of carbonyl (C=O) groups excluding carboxylic acids is 1. The second-order valence-electron chi connectivity index (χ2n) is 5.49. The maximum Gasteiger partial charge on any atom is 0.270 e. The fourth-order valence-corrected chi connectivity index (χ4v) is 3.62. The normalized spacial score (nSPS) is 26.4. The molecule has 0 spiro atoms. The van der Waals surface area contributed by atoms with Gasteiger partial charge in [-0.05, 0) is 18.9 Å². The van der Waals surface area contributed by atoms with Gasteiger partial charge in [0.1, 0.15) is 10.8 Å². The van der Waals surface area contributed by atoms with Crippen LogP contribution in [0.2, 0.25) is 10.2 Å². The molecule has 1 aliphatic carbocycles. The molecule has 2 fully saturated rings. The van der Waals surface area contributed by atoms with Crippen LogP contribution in [0.5, 0.6) is 0 Å². The van der Waals surface area contributed by atoms with Gasteiger partial charge in [-0.25, -0.2) is 0 Å². The third-order valence-electron chi connectivity index (χ3n) is 4.33. The van der Waals surface area contributed by atoms with Crippen LogP contribution in [0.25, 0.3) is 0 Å². The zero-order valence-electron chi connectivity index (χ0n) is 11.4. The average Bonchev–Trinajstić information content (AvgIpc) is 2.73. The minimum atomic E-state index is 0.00139. The van der Waals surface area contributed by atoms with Crippen molar-refractivity contribution in [3.8, 4) is 0 Å². The van der Waals surface area contributed by atoms with Gasteiger partial charge in [-0.15, -0.1) is 0 Å². The van der Waals surface area contributed by atoms with Crippen molar-refractivity contribution in [1.82, 2.24) is 9.47 Å². The third-order valence-corrected chi connectivity index (χ3v) is 5.17. The fourth-order valence-electron chi connectivity index (χ4n) is 3.24. The van der Waals surface area contributed by atoms with Gasteiger partial charge in [0.2, 0.25) is 0 Å². The van der Waals surface area contributed by atoms with Gasteiger partial charge in [0, 0.05) is 13.6 Å².